The predicted octanol–water partition coefficient (Wildman–Crippen LogP) is 0.0655. The molecule has 0 unspecified atom stereocenters. The van der Waals surface area contributed by atoms with Crippen molar-refractivity contribution >= 4 is 20.2 Å². The summed E-state index contributed by atoms with van der Waals surface area (Å²) in [6.07, 6.45) is 0.756. The summed E-state index contributed by atoms with van der Waals surface area (Å²) >= 11 is 0. The van der Waals surface area contributed by atoms with Gasteiger partial charge in [-0.1, -0.05) is 0 Å². The summed E-state index contributed by atoms with van der Waals surface area (Å²) in [5, 5.41) is 0. The van der Waals surface area contributed by atoms with Crippen LogP contribution in [0.1, 0.15) is 25.7 Å². The van der Waals surface area contributed by atoms with Crippen LogP contribution < -0.4 is 0 Å². The average molecular weight is 318 g/mol. The van der Waals surface area contributed by atoms with Gasteiger partial charge in [0.05, 0.1) is 24.7 Å². The molecule has 0 radical (unpaired) electrons. The van der Waals surface area contributed by atoms with Gasteiger partial charge < -0.3 is 9.47 Å². The monoisotopic (exact) mass is 318 g/mol. The number of hydrogen-bond acceptors (Lipinski definition) is 6. The molecule has 114 valence electrons. The van der Waals surface area contributed by atoms with Crippen LogP contribution in [0.3, 0.4) is 0 Å². The van der Waals surface area contributed by atoms with Crippen LogP contribution >= 0.6 is 0 Å². The van der Waals surface area contributed by atoms with Gasteiger partial charge in [0.2, 0.25) is 0 Å². The fraction of sp³-hybridized carbons (Fsp3) is 1.00. The third-order valence-corrected chi connectivity index (χ3v) is 4.34. The maximum absolute atomic E-state index is 10.6. The van der Waals surface area contributed by atoms with Gasteiger partial charge in [0, 0.05) is 12.8 Å². The average Bonchev–Trinajstić information content (AvgIpc) is 2.63. The molecule has 10 heteroatoms. The van der Waals surface area contributed by atoms with Gasteiger partial charge in [0.1, 0.15) is 0 Å². The minimum absolute atomic E-state index is 0.144. The van der Waals surface area contributed by atoms with Gasteiger partial charge in [-0.3, -0.25) is 9.11 Å². The van der Waals surface area contributed by atoms with E-state index in [9.17, 15) is 16.8 Å². The zero-order valence-corrected chi connectivity index (χ0v) is 12.0. The Hall–Kier alpha value is -0.260. The largest absolute Gasteiger partial charge is 0.348 e. The zero-order valence-electron chi connectivity index (χ0n) is 10.3. The van der Waals surface area contributed by atoms with Gasteiger partial charge in [-0.15, -0.1) is 0 Å². The highest BCUT2D eigenvalue weighted by Gasteiger charge is 2.36. The first-order valence-corrected chi connectivity index (χ1v) is 9.02. The molecule has 19 heavy (non-hydrogen) atoms. The van der Waals surface area contributed by atoms with Crippen molar-refractivity contribution in [1.29, 1.82) is 0 Å². The van der Waals surface area contributed by atoms with Gasteiger partial charge in [0.15, 0.2) is 5.79 Å². The molecule has 0 atom stereocenters. The Morgan fingerprint density at radius 2 is 1.21 bits per heavy atom. The molecule has 2 N–H and O–H groups in total. The quantitative estimate of drug-likeness (QED) is 0.602. The normalized spacial score (nSPS) is 19.7. The molecule has 1 aliphatic heterocycles. The molecular weight excluding hydrogens is 300 g/mol. The summed E-state index contributed by atoms with van der Waals surface area (Å²) < 4.78 is 70.5. The molecule has 0 aromatic heterocycles. The lowest BCUT2D eigenvalue weighted by atomic mass is 10.1. The number of rotatable bonds is 8. The van der Waals surface area contributed by atoms with Crippen LogP contribution in [-0.2, 0) is 29.7 Å². The van der Waals surface area contributed by atoms with Crippen molar-refractivity contribution in [3.8, 4) is 0 Å². The Balaban J connectivity index is 2.45. The number of hydrogen-bond donors (Lipinski definition) is 2. The van der Waals surface area contributed by atoms with Crippen LogP contribution in [0.15, 0.2) is 0 Å². The molecule has 1 rings (SSSR count). The van der Waals surface area contributed by atoms with E-state index in [1.54, 1.807) is 0 Å². The fourth-order valence-electron chi connectivity index (χ4n) is 1.96. The fourth-order valence-corrected chi connectivity index (χ4v) is 2.98. The molecule has 1 aliphatic rings. The summed E-state index contributed by atoms with van der Waals surface area (Å²) in [7, 11) is -8.07. The Morgan fingerprint density at radius 3 is 1.53 bits per heavy atom. The van der Waals surface area contributed by atoms with Crippen molar-refractivity contribution in [1.82, 2.24) is 0 Å². The first kappa shape index (κ1) is 16.8. The molecular formula is C9H18O8S2. The summed E-state index contributed by atoms with van der Waals surface area (Å²) in [6.45, 7) is 0.690. The lowest BCUT2D eigenvalue weighted by Gasteiger charge is -2.27. The summed E-state index contributed by atoms with van der Waals surface area (Å²) in [5.74, 6) is -1.82. The highest BCUT2D eigenvalue weighted by molar-refractivity contribution is 7.86. The van der Waals surface area contributed by atoms with Crippen LogP contribution in [0.25, 0.3) is 0 Å². The van der Waals surface area contributed by atoms with Crippen molar-refractivity contribution in [2.24, 2.45) is 0 Å². The summed E-state index contributed by atoms with van der Waals surface area (Å²) in [5.41, 5.74) is 0. The smallest absolute Gasteiger partial charge is 0.264 e. The van der Waals surface area contributed by atoms with E-state index in [1.165, 1.54) is 0 Å². The Morgan fingerprint density at radius 1 is 0.842 bits per heavy atom. The van der Waals surface area contributed by atoms with Crippen LogP contribution in [-0.4, -0.2) is 56.4 Å². The van der Waals surface area contributed by atoms with Crippen molar-refractivity contribution in [2.75, 3.05) is 24.7 Å². The maximum Gasteiger partial charge on any atom is 0.264 e. The van der Waals surface area contributed by atoms with E-state index in [-0.39, 0.29) is 25.7 Å². The minimum Gasteiger partial charge on any atom is -0.348 e. The molecule has 0 aromatic carbocycles. The van der Waals surface area contributed by atoms with Gasteiger partial charge in [-0.2, -0.15) is 16.8 Å². The second-order valence-corrected chi connectivity index (χ2v) is 7.53. The summed E-state index contributed by atoms with van der Waals surface area (Å²) in [4.78, 5) is 0. The van der Waals surface area contributed by atoms with Crippen LogP contribution in [0.2, 0.25) is 0 Å². The van der Waals surface area contributed by atoms with Gasteiger partial charge in [0.25, 0.3) is 20.2 Å². The van der Waals surface area contributed by atoms with Gasteiger partial charge in [-0.25, -0.2) is 0 Å². The maximum atomic E-state index is 10.6. The number of ether oxygens (including phenoxy) is 2. The Labute approximate surface area is 112 Å². The van der Waals surface area contributed by atoms with E-state index in [4.69, 9.17) is 18.6 Å². The van der Waals surface area contributed by atoms with E-state index in [1.807, 2.05) is 0 Å². The van der Waals surface area contributed by atoms with Crippen molar-refractivity contribution < 1.29 is 35.4 Å². The lowest BCUT2D eigenvalue weighted by Crippen LogP contribution is -2.31. The van der Waals surface area contributed by atoms with Crippen LogP contribution in [0, 0.1) is 0 Å². The summed E-state index contributed by atoms with van der Waals surface area (Å²) in [6, 6.07) is 0. The Kier molecular flexibility index (Phi) is 5.71. The van der Waals surface area contributed by atoms with E-state index < -0.39 is 37.5 Å². The van der Waals surface area contributed by atoms with Gasteiger partial charge >= 0.3 is 0 Å². The molecule has 1 fully saturated rings. The third kappa shape index (κ3) is 7.18. The van der Waals surface area contributed by atoms with Crippen LogP contribution in [0.5, 0.6) is 0 Å². The molecule has 0 amide bonds. The van der Waals surface area contributed by atoms with E-state index in [2.05, 4.69) is 0 Å². The molecule has 1 saturated heterocycles. The molecule has 0 saturated carbocycles. The zero-order chi connectivity index (χ0) is 14.6. The van der Waals surface area contributed by atoms with E-state index in [0.29, 0.717) is 13.2 Å². The van der Waals surface area contributed by atoms with Crippen LogP contribution in [0.4, 0.5) is 0 Å². The molecule has 8 nitrogen and oxygen atoms in total. The molecule has 0 bridgehead atoms. The van der Waals surface area contributed by atoms with Gasteiger partial charge in [-0.05, 0) is 12.8 Å². The minimum atomic E-state index is -4.03. The van der Waals surface area contributed by atoms with Crippen molar-refractivity contribution in [3.05, 3.63) is 0 Å². The second-order valence-electron chi connectivity index (χ2n) is 4.39. The molecule has 0 aromatic rings. The highest BCUT2D eigenvalue weighted by Crippen LogP contribution is 2.30. The van der Waals surface area contributed by atoms with E-state index >= 15 is 0 Å². The second kappa shape index (κ2) is 6.46. The SMILES string of the molecule is O=S(=O)(O)CCCC1(CCCS(=O)(=O)O)OCCO1. The first-order chi connectivity index (χ1) is 8.62. The topological polar surface area (TPSA) is 127 Å². The van der Waals surface area contributed by atoms with Crippen molar-refractivity contribution in [3.63, 3.8) is 0 Å². The Bertz CT molecular complexity index is 434. The third-order valence-electron chi connectivity index (χ3n) is 2.73. The predicted molar refractivity (Wildman–Crippen MR) is 65.9 cm³/mol. The van der Waals surface area contributed by atoms with Crippen molar-refractivity contribution in [2.45, 2.75) is 31.5 Å². The lowest BCUT2D eigenvalue weighted by molar-refractivity contribution is -0.166. The highest BCUT2D eigenvalue weighted by atomic mass is 32.2. The molecule has 0 spiro atoms. The first-order valence-electron chi connectivity index (χ1n) is 5.80. The molecule has 1 heterocycles. The van der Waals surface area contributed by atoms with E-state index in [0.717, 1.165) is 0 Å². The molecule has 0 aliphatic carbocycles. The standard InChI is InChI=1S/C9H18O8S2/c10-18(11,12)7-1-3-9(16-5-6-17-9)4-2-8-19(13,14)15/h1-8H2,(H,10,11,12)(H,13,14,15).